The summed E-state index contributed by atoms with van der Waals surface area (Å²) < 4.78 is 0. The summed E-state index contributed by atoms with van der Waals surface area (Å²) in [5.41, 5.74) is 0. The van der Waals surface area contributed by atoms with Crippen LogP contribution in [0.15, 0.2) is 0 Å². The molecule has 0 saturated carbocycles. The molecule has 1 aliphatic heterocycles. The molecule has 1 rings (SSSR count). The SMILES string of the molecule is O=CN[C@H]1CCC(=O)NC1=O. The number of imide groups is 1. The van der Waals surface area contributed by atoms with Crippen molar-refractivity contribution in [3.8, 4) is 0 Å². The van der Waals surface area contributed by atoms with Gasteiger partial charge in [-0.2, -0.15) is 0 Å². The molecule has 0 aliphatic carbocycles. The molecule has 60 valence electrons. The van der Waals surface area contributed by atoms with E-state index in [9.17, 15) is 14.4 Å². The minimum atomic E-state index is -0.537. The maximum absolute atomic E-state index is 10.8. The Labute approximate surface area is 63.1 Å². The van der Waals surface area contributed by atoms with E-state index in [2.05, 4.69) is 10.6 Å². The number of rotatable bonds is 2. The number of amides is 3. The Kier molecular flexibility index (Phi) is 2.20. The Hall–Kier alpha value is -1.39. The summed E-state index contributed by atoms with van der Waals surface area (Å²) in [7, 11) is 0. The molecule has 2 N–H and O–H groups in total. The standard InChI is InChI=1S/C6H8N2O3/c9-3-7-4-1-2-5(10)8-6(4)11/h3-4H,1-2H2,(H,7,9)(H,8,10,11)/t4-/m0/s1. The molecule has 1 atom stereocenters. The highest BCUT2D eigenvalue weighted by Gasteiger charge is 2.25. The first kappa shape index (κ1) is 7.71. The zero-order valence-electron chi connectivity index (χ0n) is 5.79. The van der Waals surface area contributed by atoms with Crippen LogP contribution in [0.25, 0.3) is 0 Å². The van der Waals surface area contributed by atoms with Crippen molar-refractivity contribution in [1.82, 2.24) is 10.6 Å². The van der Waals surface area contributed by atoms with Crippen molar-refractivity contribution in [2.45, 2.75) is 18.9 Å². The van der Waals surface area contributed by atoms with Gasteiger partial charge in [-0.3, -0.25) is 19.7 Å². The Morgan fingerprint density at radius 3 is 2.82 bits per heavy atom. The second-order valence-corrected chi connectivity index (χ2v) is 2.29. The summed E-state index contributed by atoms with van der Waals surface area (Å²) in [5.74, 6) is -0.702. The van der Waals surface area contributed by atoms with Gasteiger partial charge in [-0.15, -0.1) is 0 Å². The molecule has 1 saturated heterocycles. The number of carbonyl (C=O) groups is 3. The molecule has 0 aromatic rings. The third-order valence-electron chi connectivity index (χ3n) is 1.51. The van der Waals surface area contributed by atoms with Crippen molar-refractivity contribution in [3.63, 3.8) is 0 Å². The maximum atomic E-state index is 10.8. The molecule has 1 aliphatic rings. The number of hydrogen-bond acceptors (Lipinski definition) is 3. The van der Waals surface area contributed by atoms with Gasteiger partial charge in [0.15, 0.2) is 0 Å². The molecule has 0 radical (unpaired) electrons. The zero-order valence-corrected chi connectivity index (χ0v) is 5.79. The monoisotopic (exact) mass is 156 g/mol. The van der Waals surface area contributed by atoms with Crippen LogP contribution >= 0.6 is 0 Å². The predicted octanol–water partition coefficient (Wildman–Crippen LogP) is -1.46. The van der Waals surface area contributed by atoms with E-state index < -0.39 is 11.9 Å². The lowest BCUT2D eigenvalue weighted by Crippen LogP contribution is -2.50. The van der Waals surface area contributed by atoms with E-state index >= 15 is 0 Å². The molecule has 0 bridgehead atoms. The second-order valence-electron chi connectivity index (χ2n) is 2.29. The Balaban J connectivity index is 2.50. The highest BCUT2D eigenvalue weighted by atomic mass is 16.2. The van der Waals surface area contributed by atoms with Gasteiger partial charge >= 0.3 is 0 Å². The summed E-state index contributed by atoms with van der Waals surface area (Å²) in [5, 5.41) is 4.42. The van der Waals surface area contributed by atoms with Gasteiger partial charge in [-0.05, 0) is 6.42 Å². The smallest absolute Gasteiger partial charge is 0.249 e. The fourth-order valence-corrected chi connectivity index (χ4v) is 0.935. The van der Waals surface area contributed by atoms with E-state index in [4.69, 9.17) is 0 Å². The quantitative estimate of drug-likeness (QED) is 0.379. The highest BCUT2D eigenvalue weighted by molar-refractivity contribution is 6.00. The van der Waals surface area contributed by atoms with E-state index in [1.165, 1.54) is 0 Å². The van der Waals surface area contributed by atoms with Crippen LogP contribution < -0.4 is 10.6 Å². The first-order valence-electron chi connectivity index (χ1n) is 3.27. The topological polar surface area (TPSA) is 75.3 Å². The highest BCUT2D eigenvalue weighted by Crippen LogP contribution is 2.02. The molecule has 1 fully saturated rings. The lowest BCUT2D eigenvalue weighted by atomic mass is 10.1. The third kappa shape index (κ3) is 1.76. The number of carbonyl (C=O) groups excluding carboxylic acids is 3. The molecule has 1 heterocycles. The lowest BCUT2D eigenvalue weighted by molar-refractivity contribution is -0.135. The summed E-state index contributed by atoms with van der Waals surface area (Å²) in [4.78, 5) is 31.3. The predicted molar refractivity (Wildman–Crippen MR) is 35.4 cm³/mol. The molecule has 5 nitrogen and oxygen atoms in total. The second kappa shape index (κ2) is 3.14. The van der Waals surface area contributed by atoms with Gasteiger partial charge in [0.05, 0.1) is 0 Å². The molecule has 5 heteroatoms. The Morgan fingerprint density at radius 2 is 2.27 bits per heavy atom. The van der Waals surface area contributed by atoms with E-state index in [1.54, 1.807) is 0 Å². The van der Waals surface area contributed by atoms with Crippen LogP contribution in [0.1, 0.15) is 12.8 Å². The molecule has 0 unspecified atom stereocenters. The van der Waals surface area contributed by atoms with E-state index in [1.807, 2.05) is 0 Å². The number of hydrogen-bond donors (Lipinski definition) is 2. The first-order valence-corrected chi connectivity index (χ1v) is 3.27. The summed E-state index contributed by atoms with van der Waals surface area (Å²) in [6, 6.07) is -0.537. The van der Waals surface area contributed by atoms with Gasteiger partial charge in [-0.1, -0.05) is 0 Å². The van der Waals surface area contributed by atoms with Gasteiger partial charge in [0.1, 0.15) is 6.04 Å². The van der Waals surface area contributed by atoms with E-state index in [0.717, 1.165) is 0 Å². The molecule has 0 spiro atoms. The fourth-order valence-electron chi connectivity index (χ4n) is 0.935. The van der Waals surface area contributed by atoms with Crippen LogP contribution in [0.5, 0.6) is 0 Å². The van der Waals surface area contributed by atoms with Crippen LogP contribution in [0.4, 0.5) is 0 Å². The first-order chi connectivity index (χ1) is 5.24. The number of piperidine rings is 1. The molecular weight excluding hydrogens is 148 g/mol. The molecule has 0 aromatic heterocycles. The van der Waals surface area contributed by atoms with Gasteiger partial charge in [0.25, 0.3) is 0 Å². The minimum absolute atomic E-state index is 0.279. The van der Waals surface area contributed by atoms with Crippen LogP contribution in [0.3, 0.4) is 0 Å². The molecular formula is C6H8N2O3. The summed E-state index contributed by atoms with van der Waals surface area (Å²) in [6.45, 7) is 0. The van der Waals surface area contributed by atoms with Gasteiger partial charge < -0.3 is 5.32 Å². The largest absolute Gasteiger partial charge is 0.347 e. The third-order valence-corrected chi connectivity index (χ3v) is 1.51. The Morgan fingerprint density at radius 1 is 1.55 bits per heavy atom. The van der Waals surface area contributed by atoms with Gasteiger partial charge in [-0.25, -0.2) is 0 Å². The fraction of sp³-hybridized carbons (Fsp3) is 0.500. The molecule has 3 amide bonds. The zero-order chi connectivity index (χ0) is 8.27. The van der Waals surface area contributed by atoms with Gasteiger partial charge in [0.2, 0.25) is 18.2 Å². The average Bonchev–Trinajstić information content (AvgIpc) is 1.95. The Bertz CT molecular complexity index is 202. The maximum Gasteiger partial charge on any atom is 0.249 e. The van der Waals surface area contributed by atoms with Crippen LogP contribution in [0, 0.1) is 0 Å². The van der Waals surface area contributed by atoms with Crippen LogP contribution in [-0.2, 0) is 14.4 Å². The lowest BCUT2D eigenvalue weighted by Gasteiger charge is -2.19. The van der Waals surface area contributed by atoms with Crippen molar-refractivity contribution in [2.75, 3.05) is 0 Å². The van der Waals surface area contributed by atoms with Crippen molar-refractivity contribution < 1.29 is 14.4 Å². The normalized spacial score (nSPS) is 24.2. The van der Waals surface area contributed by atoms with Gasteiger partial charge in [0, 0.05) is 6.42 Å². The van der Waals surface area contributed by atoms with Crippen molar-refractivity contribution in [1.29, 1.82) is 0 Å². The van der Waals surface area contributed by atoms with E-state index in [-0.39, 0.29) is 12.3 Å². The summed E-state index contributed by atoms with van der Waals surface area (Å²) >= 11 is 0. The minimum Gasteiger partial charge on any atom is -0.347 e. The summed E-state index contributed by atoms with van der Waals surface area (Å²) in [6.07, 6.45) is 1.14. The van der Waals surface area contributed by atoms with E-state index in [0.29, 0.717) is 12.8 Å². The van der Waals surface area contributed by atoms with Crippen LogP contribution in [-0.4, -0.2) is 24.3 Å². The van der Waals surface area contributed by atoms with Crippen molar-refractivity contribution in [2.24, 2.45) is 0 Å². The van der Waals surface area contributed by atoms with Crippen molar-refractivity contribution >= 4 is 18.2 Å². The van der Waals surface area contributed by atoms with Crippen LogP contribution in [0.2, 0.25) is 0 Å². The van der Waals surface area contributed by atoms with Crippen molar-refractivity contribution in [3.05, 3.63) is 0 Å². The molecule has 11 heavy (non-hydrogen) atoms. The average molecular weight is 156 g/mol. The molecule has 0 aromatic carbocycles. The number of nitrogens with one attached hydrogen (secondary N) is 2.